The van der Waals surface area contributed by atoms with Crippen LogP contribution in [0.4, 0.5) is 5.95 Å². The van der Waals surface area contributed by atoms with Gasteiger partial charge in [-0.15, -0.1) is 0 Å². The zero-order chi connectivity index (χ0) is 12.8. The lowest BCUT2D eigenvalue weighted by Crippen LogP contribution is -2.28. The SMILES string of the molecule is S=C(NCc1ccccc1)Nc1ncc(Br)cn1. The van der Waals surface area contributed by atoms with Crippen molar-refractivity contribution >= 4 is 39.2 Å². The number of benzene rings is 1. The highest BCUT2D eigenvalue weighted by molar-refractivity contribution is 9.10. The van der Waals surface area contributed by atoms with Crippen LogP contribution in [0.25, 0.3) is 0 Å². The van der Waals surface area contributed by atoms with E-state index in [1.165, 1.54) is 5.56 Å². The average Bonchev–Trinajstić information content (AvgIpc) is 2.40. The molecular formula is C12H11BrN4S. The Labute approximate surface area is 119 Å². The maximum Gasteiger partial charge on any atom is 0.228 e. The quantitative estimate of drug-likeness (QED) is 0.851. The van der Waals surface area contributed by atoms with Crippen LogP contribution in [0.3, 0.4) is 0 Å². The molecule has 0 aliphatic rings. The first-order valence-electron chi connectivity index (χ1n) is 5.30. The molecule has 0 atom stereocenters. The molecule has 4 nitrogen and oxygen atoms in total. The topological polar surface area (TPSA) is 49.8 Å². The summed E-state index contributed by atoms with van der Waals surface area (Å²) < 4.78 is 0.830. The number of halogens is 1. The van der Waals surface area contributed by atoms with E-state index in [4.69, 9.17) is 12.2 Å². The minimum atomic E-state index is 0.476. The number of hydrogen-bond donors (Lipinski definition) is 2. The molecule has 0 saturated heterocycles. The fourth-order valence-corrected chi connectivity index (χ4v) is 1.67. The molecule has 2 rings (SSSR count). The summed E-state index contributed by atoms with van der Waals surface area (Å²) in [7, 11) is 0. The van der Waals surface area contributed by atoms with E-state index in [1.807, 2.05) is 30.3 Å². The minimum absolute atomic E-state index is 0.476. The van der Waals surface area contributed by atoms with Crippen LogP contribution >= 0.6 is 28.1 Å². The van der Waals surface area contributed by atoms with Crippen LogP contribution in [0, 0.1) is 0 Å². The molecule has 1 heterocycles. The second-order valence-corrected chi connectivity index (χ2v) is 4.84. The van der Waals surface area contributed by atoms with Gasteiger partial charge in [0, 0.05) is 18.9 Å². The Hall–Kier alpha value is -1.53. The van der Waals surface area contributed by atoms with Crippen molar-refractivity contribution in [2.45, 2.75) is 6.54 Å². The Bertz CT molecular complexity index is 515. The van der Waals surface area contributed by atoms with Crippen LogP contribution in [0.1, 0.15) is 5.56 Å². The lowest BCUT2D eigenvalue weighted by atomic mass is 10.2. The van der Waals surface area contributed by atoms with Crippen molar-refractivity contribution in [2.75, 3.05) is 5.32 Å². The van der Waals surface area contributed by atoms with E-state index in [0.29, 0.717) is 17.6 Å². The average molecular weight is 323 g/mol. The number of aromatic nitrogens is 2. The highest BCUT2D eigenvalue weighted by atomic mass is 79.9. The molecule has 1 aromatic carbocycles. The van der Waals surface area contributed by atoms with Crippen LogP contribution in [0.15, 0.2) is 47.2 Å². The number of nitrogens with one attached hydrogen (secondary N) is 2. The molecule has 6 heteroatoms. The summed E-state index contributed by atoms with van der Waals surface area (Å²) in [5.41, 5.74) is 1.17. The summed E-state index contributed by atoms with van der Waals surface area (Å²) in [4.78, 5) is 8.15. The van der Waals surface area contributed by atoms with Crippen molar-refractivity contribution in [3.63, 3.8) is 0 Å². The van der Waals surface area contributed by atoms with E-state index >= 15 is 0 Å². The van der Waals surface area contributed by atoms with Crippen molar-refractivity contribution < 1.29 is 0 Å². The van der Waals surface area contributed by atoms with Gasteiger partial charge < -0.3 is 10.6 Å². The number of hydrogen-bond acceptors (Lipinski definition) is 3. The molecule has 0 aliphatic heterocycles. The van der Waals surface area contributed by atoms with E-state index in [2.05, 4.69) is 36.5 Å². The van der Waals surface area contributed by atoms with Crippen LogP contribution in [-0.4, -0.2) is 15.1 Å². The first-order chi connectivity index (χ1) is 8.74. The van der Waals surface area contributed by atoms with Crippen molar-refractivity contribution in [3.8, 4) is 0 Å². The van der Waals surface area contributed by atoms with Crippen LogP contribution < -0.4 is 10.6 Å². The van der Waals surface area contributed by atoms with Crippen LogP contribution in [0.5, 0.6) is 0 Å². The van der Waals surface area contributed by atoms with E-state index in [-0.39, 0.29) is 0 Å². The maximum absolute atomic E-state index is 5.15. The van der Waals surface area contributed by atoms with Gasteiger partial charge in [-0.1, -0.05) is 30.3 Å². The summed E-state index contributed by atoms with van der Waals surface area (Å²) in [5, 5.41) is 6.51. The Kier molecular flexibility index (Phi) is 4.60. The second-order valence-electron chi connectivity index (χ2n) is 3.52. The molecule has 0 bridgehead atoms. The lowest BCUT2D eigenvalue weighted by Gasteiger charge is -2.09. The molecule has 2 N–H and O–H groups in total. The highest BCUT2D eigenvalue weighted by Gasteiger charge is 2.00. The molecule has 2 aromatic rings. The number of anilines is 1. The molecule has 0 amide bonds. The zero-order valence-corrected chi connectivity index (χ0v) is 11.8. The number of thiocarbonyl (C=S) groups is 1. The van der Waals surface area contributed by atoms with Gasteiger partial charge in [0.2, 0.25) is 5.95 Å². The van der Waals surface area contributed by atoms with E-state index < -0.39 is 0 Å². The molecule has 0 saturated carbocycles. The fourth-order valence-electron chi connectivity index (χ4n) is 1.30. The highest BCUT2D eigenvalue weighted by Crippen LogP contribution is 2.06. The van der Waals surface area contributed by atoms with Gasteiger partial charge in [-0.25, -0.2) is 9.97 Å². The van der Waals surface area contributed by atoms with Gasteiger partial charge in [-0.05, 0) is 33.7 Å². The molecule has 0 fully saturated rings. The van der Waals surface area contributed by atoms with Crippen LogP contribution in [0.2, 0.25) is 0 Å². The summed E-state index contributed by atoms with van der Waals surface area (Å²) in [6, 6.07) is 10.0. The molecule has 92 valence electrons. The molecule has 0 aliphatic carbocycles. The van der Waals surface area contributed by atoms with Gasteiger partial charge in [-0.2, -0.15) is 0 Å². The Morgan fingerprint density at radius 1 is 1.17 bits per heavy atom. The monoisotopic (exact) mass is 322 g/mol. The molecular weight excluding hydrogens is 312 g/mol. The van der Waals surface area contributed by atoms with Crippen LogP contribution in [-0.2, 0) is 6.54 Å². The summed E-state index contributed by atoms with van der Waals surface area (Å²) in [6.45, 7) is 0.670. The predicted octanol–water partition coefficient (Wildman–Crippen LogP) is 2.73. The first kappa shape index (κ1) is 12.9. The molecule has 0 spiro atoms. The Morgan fingerprint density at radius 2 is 1.83 bits per heavy atom. The number of rotatable bonds is 3. The molecule has 18 heavy (non-hydrogen) atoms. The Balaban J connectivity index is 1.84. The normalized spacial score (nSPS) is 9.83. The summed E-state index contributed by atoms with van der Waals surface area (Å²) >= 11 is 8.43. The van der Waals surface area contributed by atoms with Crippen molar-refractivity contribution in [1.82, 2.24) is 15.3 Å². The van der Waals surface area contributed by atoms with Crippen molar-refractivity contribution in [1.29, 1.82) is 0 Å². The van der Waals surface area contributed by atoms with Gasteiger partial charge >= 0.3 is 0 Å². The van der Waals surface area contributed by atoms with E-state index in [0.717, 1.165) is 4.47 Å². The third-order valence-electron chi connectivity index (χ3n) is 2.14. The summed E-state index contributed by atoms with van der Waals surface area (Å²) in [6.07, 6.45) is 3.32. The van der Waals surface area contributed by atoms with Gasteiger partial charge in [0.05, 0.1) is 4.47 Å². The third-order valence-corrected chi connectivity index (χ3v) is 2.80. The van der Waals surface area contributed by atoms with Gasteiger partial charge in [-0.3, -0.25) is 0 Å². The van der Waals surface area contributed by atoms with E-state index in [9.17, 15) is 0 Å². The Morgan fingerprint density at radius 3 is 2.50 bits per heavy atom. The van der Waals surface area contributed by atoms with Gasteiger partial charge in [0.15, 0.2) is 5.11 Å². The maximum atomic E-state index is 5.15. The van der Waals surface area contributed by atoms with Gasteiger partial charge in [0.25, 0.3) is 0 Å². The smallest absolute Gasteiger partial charge is 0.228 e. The van der Waals surface area contributed by atoms with Gasteiger partial charge in [0.1, 0.15) is 0 Å². The molecule has 0 radical (unpaired) electrons. The predicted molar refractivity (Wildman–Crippen MR) is 79.2 cm³/mol. The standard InChI is InChI=1S/C12H11BrN4S/c13-10-7-14-11(15-8-10)17-12(18)16-6-9-4-2-1-3-5-9/h1-5,7-8H,6H2,(H2,14,15,16,17,18). The molecule has 1 aromatic heterocycles. The second kappa shape index (κ2) is 6.42. The van der Waals surface area contributed by atoms with Crippen molar-refractivity contribution in [3.05, 3.63) is 52.8 Å². The van der Waals surface area contributed by atoms with E-state index in [1.54, 1.807) is 12.4 Å². The number of nitrogens with zero attached hydrogens (tertiary/aromatic N) is 2. The molecule has 0 unspecified atom stereocenters. The fraction of sp³-hybridized carbons (Fsp3) is 0.0833. The summed E-state index contributed by atoms with van der Waals surface area (Å²) in [5.74, 6) is 0.476. The lowest BCUT2D eigenvalue weighted by molar-refractivity contribution is 0.923. The third kappa shape index (κ3) is 4.05. The van der Waals surface area contributed by atoms with Crippen molar-refractivity contribution in [2.24, 2.45) is 0 Å². The minimum Gasteiger partial charge on any atom is -0.358 e. The zero-order valence-electron chi connectivity index (χ0n) is 9.43. The first-order valence-corrected chi connectivity index (χ1v) is 6.50. The largest absolute Gasteiger partial charge is 0.358 e.